The number of benzene rings is 1. The van der Waals surface area contributed by atoms with Gasteiger partial charge >= 0.3 is 12.0 Å². The summed E-state index contributed by atoms with van der Waals surface area (Å²) in [6, 6.07) is 9.65. The molecule has 0 bridgehead atoms. The fourth-order valence-electron chi connectivity index (χ4n) is 4.43. The third kappa shape index (κ3) is 5.74. The van der Waals surface area contributed by atoms with Crippen LogP contribution in [0.1, 0.15) is 44.6 Å². The lowest BCUT2D eigenvalue weighted by molar-refractivity contribution is -0.159. The molecule has 30 heavy (non-hydrogen) atoms. The van der Waals surface area contributed by atoms with Gasteiger partial charge in [0.05, 0.1) is 23.5 Å². The van der Waals surface area contributed by atoms with Gasteiger partial charge in [-0.2, -0.15) is 0 Å². The summed E-state index contributed by atoms with van der Waals surface area (Å²) in [4.78, 5) is 27.0. The van der Waals surface area contributed by atoms with Gasteiger partial charge in [-0.05, 0) is 51.0 Å². The van der Waals surface area contributed by atoms with Gasteiger partial charge in [0, 0.05) is 19.1 Å². The van der Waals surface area contributed by atoms with Crippen LogP contribution in [0.25, 0.3) is 0 Å². The summed E-state index contributed by atoms with van der Waals surface area (Å²) in [6.07, 6.45) is 4.12. The van der Waals surface area contributed by atoms with Gasteiger partial charge in [-0.15, -0.1) is 0 Å². The van der Waals surface area contributed by atoms with Crippen LogP contribution in [-0.2, 0) is 25.8 Å². The van der Waals surface area contributed by atoms with E-state index in [1.165, 1.54) is 5.56 Å². The van der Waals surface area contributed by atoms with Gasteiger partial charge in [0.2, 0.25) is 0 Å². The zero-order chi connectivity index (χ0) is 21.6. The largest absolute Gasteiger partial charge is 0.466 e. The molecule has 2 aliphatic heterocycles. The van der Waals surface area contributed by atoms with Crippen molar-refractivity contribution in [2.75, 3.05) is 31.2 Å². The number of esters is 1. The molecule has 1 aromatic rings. The molecule has 3 rings (SSSR count). The molecule has 2 saturated heterocycles. The summed E-state index contributed by atoms with van der Waals surface area (Å²) >= 11 is 0. The number of amides is 2. The Balaban J connectivity index is 1.55. The molecule has 7 nitrogen and oxygen atoms in total. The van der Waals surface area contributed by atoms with Crippen molar-refractivity contribution in [3.8, 4) is 0 Å². The second-order valence-electron chi connectivity index (χ2n) is 8.38. The summed E-state index contributed by atoms with van der Waals surface area (Å²) in [6.45, 7) is 3.10. The normalized spacial score (nSPS) is 22.4. The minimum Gasteiger partial charge on any atom is -0.466 e. The van der Waals surface area contributed by atoms with Crippen LogP contribution in [0.3, 0.4) is 0 Å². The van der Waals surface area contributed by atoms with E-state index in [0.29, 0.717) is 39.0 Å². The highest BCUT2D eigenvalue weighted by molar-refractivity contribution is 7.91. The van der Waals surface area contributed by atoms with Gasteiger partial charge in [-0.3, -0.25) is 4.79 Å². The smallest absolute Gasteiger partial charge is 0.317 e. The number of sulfone groups is 1. The summed E-state index contributed by atoms with van der Waals surface area (Å²) in [5, 5.41) is 2.84. The van der Waals surface area contributed by atoms with Crippen molar-refractivity contribution >= 4 is 21.8 Å². The van der Waals surface area contributed by atoms with Crippen LogP contribution >= 0.6 is 0 Å². The molecule has 2 aliphatic rings. The lowest BCUT2D eigenvalue weighted by Crippen LogP contribution is -2.52. The van der Waals surface area contributed by atoms with Gasteiger partial charge in [0.15, 0.2) is 9.84 Å². The summed E-state index contributed by atoms with van der Waals surface area (Å²) in [5.41, 5.74) is 0.693. The maximum absolute atomic E-state index is 12.8. The lowest BCUT2D eigenvalue weighted by atomic mass is 9.74. The van der Waals surface area contributed by atoms with Crippen LogP contribution in [0.2, 0.25) is 0 Å². The third-order valence-corrected chi connectivity index (χ3v) is 8.01. The quantitative estimate of drug-likeness (QED) is 0.663. The van der Waals surface area contributed by atoms with Crippen LogP contribution in [-0.4, -0.2) is 62.6 Å². The molecule has 1 unspecified atom stereocenters. The molecular weight excluding hydrogens is 404 g/mol. The zero-order valence-electron chi connectivity index (χ0n) is 17.6. The predicted molar refractivity (Wildman–Crippen MR) is 115 cm³/mol. The highest BCUT2D eigenvalue weighted by Gasteiger charge is 2.43. The minimum absolute atomic E-state index is 0.0127. The second kappa shape index (κ2) is 9.81. The number of hydrogen-bond donors (Lipinski definition) is 1. The molecule has 1 N–H and O–H groups in total. The Morgan fingerprint density at radius 2 is 1.90 bits per heavy atom. The minimum atomic E-state index is -3.04. The van der Waals surface area contributed by atoms with Crippen molar-refractivity contribution in [1.82, 2.24) is 10.2 Å². The van der Waals surface area contributed by atoms with Gasteiger partial charge in [0.1, 0.15) is 0 Å². The molecule has 1 atom stereocenters. The third-order valence-electron chi connectivity index (χ3n) is 6.24. The van der Waals surface area contributed by atoms with Crippen LogP contribution < -0.4 is 5.32 Å². The number of likely N-dealkylation sites (tertiary alicyclic amines) is 1. The van der Waals surface area contributed by atoms with Gasteiger partial charge in [-0.1, -0.05) is 30.3 Å². The standard InChI is InChI=1S/C22H32N2O5S/c1-2-29-20(25)22(11-6-9-18-7-4-3-5-8-18)12-14-24(15-13-22)21(26)23-19-10-16-30(27,28)17-19/h3-5,7-8,19H,2,6,9-17H2,1H3,(H,23,26). The van der Waals surface area contributed by atoms with Gasteiger partial charge in [0.25, 0.3) is 0 Å². The van der Waals surface area contributed by atoms with E-state index in [0.717, 1.165) is 19.3 Å². The fourth-order valence-corrected chi connectivity index (χ4v) is 6.10. The number of hydrogen-bond acceptors (Lipinski definition) is 5. The van der Waals surface area contributed by atoms with Crippen molar-refractivity contribution in [1.29, 1.82) is 0 Å². The van der Waals surface area contributed by atoms with Crippen molar-refractivity contribution in [2.45, 2.75) is 51.5 Å². The Bertz CT molecular complexity index is 832. The second-order valence-corrected chi connectivity index (χ2v) is 10.6. The van der Waals surface area contributed by atoms with Gasteiger partial charge < -0.3 is 15.0 Å². The van der Waals surface area contributed by atoms with E-state index in [4.69, 9.17) is 4.74 Å². The Morgan fingerprint density at radius 3 is 2.50 bits per heavy atom. The molecular formula is C22H32N2O5S. The first-order valence-corrected chi connectivity index (χ1v) is 12.6. The van der Waals surface area contributed by atoms with E-state index in [1.807, 2.05) is 25.1 Å². The molecule has 0 saturated carbocycles. The summed E-state index contributed by atoms with van der Waals surface area (Å²) in [5.74, 6) is -0.0236. The Hall–Kier alpha value is -2.09. The maximum atomic E-state index is 12.8. The zero-order valence-corrected chi connectivity index (χ0v) is 18.5. The number of nitrogens with zero attached hydrogens (tertiary/aromatic N) is 1. The number of nitrogens with one attached hydrogen (secondary N) is 1. The highest BCUT2D eigenvalue weighted by Crippen LogP contribution is 2.38. The van der Waals surface area contributed by atoms with E-state index in [9.17, 15) is 18.0 Å². The molecule has 8 heteroatoms. The average Bonchev–Trinajstić information content (AvgIpc) is 3.07. The number of urea groups is 1. The molecule has 2 fully saturated rings. The number of rotatable bonds is 7. The van der Waals surface area contributed by atoms with Crippen molar-refractivity contribution in [3.05, 3.63) is 35.9 Å². The van der Waals surface area contributed by atoms with E-state index >= 15 is 0 Å². The number of carbonyl (C=O) groups excluding carboxylic acids is 2. The maximum Gasteiger partial charge on any atom is 0.317 e. The highest BCUT2D eigenvalue weighted by atomic mass is 32.2. The molecule has 166 valence electrons. The molecule has 0 radical (unpaired) electrons. The molecule has 0 aliphatic carbocycles. The number of carbonyl (C=O) groups is 2. The van der Waals surface area contributed by atoms with Crippen LogP contribution in [0.15, 0.2) is 30.3 Å². The van der Waals surface area contributed by atoms with E-state index in [-0.39, 0.29) is 29.5 Å². The first-order valence-electron chi connectivity index (χ1n) is 10.8. The van der Waals surface area contributed by atoms with Gasteiger partial charge in [-0.25, -0.2) is 13.2 Å². The van der Waals surface area contributed by atoms with Crippen LogP contribution in [0.4, 0.5) is 4.79 Å². The number of aryl methyl sites for hydroxylation is 1. The first-order chi connectivity index (χ1) is 14.3. The Labute approximate surface area is 179 Å². The monoisotopic (exact) mass is 436 g/mol. The predicted octanol–water partition coefficient (Wildman–Crippen LogP) is 2.55. The summed E-state index contributed by atoms with van der Waals surface area (Å²) < 4.78 is 28.6. The van der Waals surface area contributed by atoms with Crippen molar-refractivity contribution in [3.63, 3.8) is 0 Å². The lowest BCUT2D eigenvalue weighted by Gasteiger charge is -2.40. The van der Waals surface area contributed by atoms with Crippen LogP contribution in [0, 0.1) is 5.41 Å². The number of ether oxygens (including phenoxy) is 1. The van der Waals surface area contributed by atoms with E-state index in [1.54, 1.807) is 4.90 Å². The molecule has 0 aromatic heterocycles. The average molecular weight is 437 g/mol. The van der Waals surface area contributed by atoms with E-state index < -0.39 is 15.3 Å². The molecule has 0 spiro atoms. The fraction of sp³-hybridized carbons (Fsp3) is 0.636. The number of piperidine rings is 1. The molecule has 1 aromatic carbocycles. The SMILES string of the molecule is CCOC(=O)C1(CCCc2ccccc2)CCN(C(=O)NC2CCS(=O)(=O)C2)CC1. The van der Waals surface area contributed by atoms with E-state index in [2.05, 4.69) is 17.4 Å². The molecule has 2 amide bonds. The van der Waals surface area contributed by atoms with Crippen LogP contribution in [0.5, 0.6) is 0 Å². The van der Waals surface area contributed by atoms with Crippen molar-refractivity contribution < 1.29 is 22.7 Å². The van der Waals surface area contributed by atoms with Crippen molar-refractivity contribution in [2.24, 2.45) is 5.41 Å². The summed E-state index contributed by atoms with van der Waals surface area (Å²) in [7, 11) is -3.04. The molecule has 2 heterocycles. The first kappa shape index (κ1) is 22.6. The Morgan fingerprint density at radius 1 is 1.20 bits per heavy atom. The topological polar surface area (TPSA) is 92.8 Å². The Kier molecular flexibility index (Phi) is 7.39.